The number of nitrogens with one attached hydrogen (secondary N) is 2. The molecule has 1 rings (SSSR count). The molecule has 106 valence electrons. The molecule has 0 bridgehead atoms. The molecular formula is C13H20N2O3S. The van der Waals surface area contributed by atoms with Crippen molar-refractivity contribution < 1.29 is 14.7 Å². The molecule has 19 heavy (non-hydrogen) atoms. The third-order valence-electron chi connectivity index (χ3n) is 2.58. The number of aliphatic hydroxyl groups is 1. The van der Waals surface area contributed by atoms with Crippen molar-refractivity contribution in [1.82, 2.24) is 10.6 Å². The van der Waals surface area contributed by atoms with E-state index in [1.54, 1.807) is 0 Å². The van der Waals surface area contributed by atoms with E-state index in [9.17, 15) is 9.59 Å². The number of unbranched alkanes of at least 4 members (excludes halogenated alkanes) is 1. The van der Waals surface area contributed by atoms with Crippen LogP contribution in [0.2, 0.25) is 0 Å². The van der Waals surface area contributed by atoms with Crippen LogP contribution in [0.4, 0.5) is 0 Å². The van der Waals surface area contributed by atoms with Crippen LogP contribution in [0.5, 0.6) is 0 Å². The fourth-order valence-corrected chi connectivity index (χ4v) is 2.23. The largest absolute Gasteiger partial charge is 0.394 e. The topological polar surface area (TPSA) is 78.4 Å². The van der Waals surface area contributed by atoms with Crippen molar-refractivity contribution >= 4 is 23.2 Å². The molecule has 3 N–H and O–H groups in total. The van der Waals surface area contributed by atoms with Gasteiger partial charge in [0.05, 0.1) is 13.0 Å². The Morgan fingerprint density at radius 1 is 1.47 bits per heavy atom. The first-order valence-corrected chi connectivity index (χ1v) is 7.25. The molecule has 0 unspecified atom stereocenters. The molecular weight excluding hydrogens is 264 g/mol. The van der Waals surface area contributed by atoms with Crippen molar-refractivity contribution in [2.24, 2.45) is 0 Å². The van der Waals surface area contributed by atoms with Gasteiger partial charge in [0.1, 0.15) is 6.04 Å². The predicted octanol–water partition coefficient (Wildman–Crippen LogP) is 0.684. The number of thiophene rings is 1. The molecule has 0 aromatic carbocycles. The molecule has 0 aliphatic heterocycles. The average molecular weight is 284 g/mol. The molecule has 0 radical (unpaired) electrons. The van der Waals surface area contributed by atoms with Gasteiger partial charge in [-0.25, -0.2) is 0 Å². The average Bonchev–Trinajstić information content (AvgIpc) is 2.88. The fraction of sp³-hybridized carbons (Fsp3) is 0.538. The summed E-state index contributed by atoms with van der Waals surface area (Å²) < 4.78 is 0. The summed E-state index contributed by atoms with van der Waals surface area (Å²) in [6.45, 7) is 2.19. The Hall–Kier alpha value is -1.40. The van der Waals surface area contributed by atoms with Crippen molar-refractivity contribution in [2.45, 2.75) is 32.2 Å². The lowest BCUT2D eigenvalue weighted by molar-refractivity contribution is -0.129. The van der Waals surface area contributed by atoms with E-state index in [1.165, 1.54) is 11.3 Å². The van der Waals surface area contributed by atoms with E-state index < -0.39 is 12.6 Å². The maximum Gasteiger partial charge on any atom is 0.244 e. The van der Waals surface area contributed by atoms with E-state index in [0.717, 1.165) is 17.7 Å². The van der Waals surface area contributed by atoms with Gasteiger partial charge in [0, 0.05) is 11.4 Å². The lowest BCUT2D eigenvalue weighted by atomic mass is 10.2. The molecule has 2 amide bonds. The van der Waals surface area contributed by atoms with Crippen LogP contribution in [-0.4, -0.2) is 36.1 Å². The Balaban J connectivity index is 2.38. The van der Waals surface area contributed by atoms with Gasteiger partial charge in [0.25, 0.3) is 0 Å². The smallest absolute Gasteiger partial charge is 0.244 e. The standard InChI is InChI=1S/C13H20N2O3S/c1-2-3-6-14-13(18)11(9-16)15-12(17)8-10-5-4-7-19-10/h4-5,7,11,16H,2-3,6,8-9H2,1H3,(H,14,18)(H,15,17)/t11-/m0/s1. The Morgan fingerprint density at radius 3 is 2.84 bits per heavy atom. The molecule has 1 atom stereocenters. The van der Waals surface area contributed by atoms with E-state index in [0.29, 0.717) is 6.54 Å². The second-order valence-corrected chi connectivity index (χ2v) is 5.24. The summed E-state index contributed by atoms with van der Waals surface area (Å²) in [6.07, 6.45) is 2.10. The monoisotopic (exact) mass is 284 g/mol. The molecule has 1 heterocycles. The number of amides is 2. The van der Waals surface area contributed by atoms with Crippen LogP contribution in [0.1, 0.15) is 24.6 Å². The molecule has 0 aliphatic carbocycles. The Labute approximate surface area is 117 Å². The normalized spacial score (nSPS) is 11.9. The van der Waals surface area contributed by atoms with Crippen LogP contribution in [0.3, 0.4) is 0 Å². The molecule has 0 aliphatic rings. The molecule has 6 heteroatoms. The van der Waals surface area contributed by atoms with Crippen LogP contribution < -0.4 is 10.6 Å². The summed E-state index contributed by atoms with van der Waals surface area (Å²) in [5, 5.41) is 16.3. The minimum Gasteiger partial charge on any atom is -0.394 e. The third-order valence-corrected chi connectivity index (χ3v) is 3.46. The van der Waals surface area contributed by atoms with Crippen molar-refractivity contribution in [3.63, 3.8) is 0 Å². The van der Waals surface area contributed by atoms with Gasteiger partial charge in [-0.1, -0.05) is 19.4 Å². The predicted molar refractivity (Wildman–Crippen MR) is 75.0 cm³/mol. The summed E-state index contributed by atoms with van der Waals surface area (Å²) in [4.78, 5) is 24.4. The van der Waals surface area contributed by atoms with E-state index >= 15 is 0 Å². The Bertz CT molecular complexity index is 393. The molecule has 1 aromatic heterocycles. The molecule has 0 spiro atoms. The van der Waals surface area contributed by atoms with Crippen LogP contribution in [0.25, 0.3) is 0 Å². The molecule has 5 nitrogen and oxygen atoms in total. The summed E-state index contributed by atoms with van der Waals surface area (Å²) in [5.74, 6) is -0.595. The van der Waals surface area contributed by atoms with Crippen LogP contribution in [-0.2, 0) is 16.0 Å². The summed E-state index contributed by atoms with van der Waals surface area (Å²) in [5.41, 5.74) is 0. The van der Waals surface area contributed by atoms with Gasteiger partial charge in [0.2, 0.25) is 11.8 Å². The van der Waals surface area contributed by atoms with Gasteiger partial charge in [-0.2, -0.15) is 0 Å². The molecule has 0 saturated carbocycles. The highest BCUT2D eigenvalue weighted by molar-refractivity contribution is 7.10. The lowest BCUT2D eigenvalue weighted by Gasteiger charge is -2.15. The minimum absolute atomic E-state index is 0.233. The third kappa shape index (κ3) is 5.85. The van der Waals surface area contributed by atoms with Crippen molar-refractivity contribution in [2.75, 3.05) is 13.2 Å². The number of hydrogen-bond acceptors (Lipinski definition) is 4. The number of carbonyl (C=O) groups is 2. The highest BCUT2D eigenvalue weighted by atomic mass is 32.1. The van der Waals surface area contributed by atoms with Crippen molar-refractivity contribution in [1.29, 1.82) is 0 Å². The molecule has 0 fully saturated rings. The van der Waals surface area contributed by atoms with Gasteiger partial charge in [-0.3, -0.25) is 9.59 Å². The Morgan fingerprint density at radius 2 is 2.26 bits per heavy atom. The molecule has 1 aromatic rings. The lowest BCUT2D eigenvalue weighted by Crippen LogP contribution is -2.49. The van der Waals surface area contributed by atoms with Crippen molar-refractivity contribution in [3.8, 4) is 0 Å². The summed E-state index contributed by atoms with van der Waals surface area (Å²) in [7, 11) is 0. The van der Waals surface area contributed by atoms with Gasteiger partial charge in [0.15, 0.2) is 0 Å². The Kier molecular flexibility index (Phi) is 7.14. The second-order valence-electron chi connectivity index (χ2n) is 4.20. The van der Waals surface area contributed by atoms with E-state index in [-0.39, 0.29) is 18.2 Å². The van der Waals surface area contributed by atoms with Gasteiger partial charge < -0.3 is 15.7 Å². The number of carbonyl (C=O) groups excluding carboxylic acids is 2. The SMILES string of the molecule is CCCCNC(=O)[C@H](CO)NC(=O)Cc1cccs1. The highest BCUT2D eigenvalue weighted by Gasteiger charge is 2.19. The van der Waals surface area contributed by atoms with E-state index in [2.05, 4.69) is 10.6 Å². The number of rotatable bonds is 8. The van der Waals surface area contributed by atoms with Crippen LogP contribution in [0, 0.1) is 0 Å². The summed E-state index contributed by atoms with van der Waals surface area (Å²) in [6, 6.07) is 2.86. The number of hydrogen-bond donors (Lipinski definition) is 3. The number of aliphatic hydroxyl groups excluding tert-OH is 1. The highest BCUT2D eigenvalue weighted by Crippen LogP contribution is 2.08. The zero-order chi connectivity index (χ0) is 14.1. The van der Waals surface area contributed by atoms with Gasteiger partial charge in [-0.05, 0) is 17.9 Å². The van der Waals surface area contributed by atoms with Gasteiger partial charge >= 0.3 is 0 Å². The van der Waals surface area contributed by atoms with E-state index in [4.69, 9.17) is 5.11 Å². The van der Waals surface area contributed by atoms with Crippen molar-refractivity contribution in [3.05, 3.63) is 22.4 Å². The minimum atomic E-state index is -0.871. The maximum absolute atomic E-state index is 11.7. The quantitative estimate of drug-likeness (QED) is 0.614. The first-order chi connectivity index (χ1) is 9.17. The first-order valence-electron chi connectivity index (χ1n) is 6.37. The van der Waals surface area contributed by atoms with Crippen LogP contribution >= 0.6 is 11.3 Å². The van der Waals surface area contributed by atoms with E-state index in [1.807, 2.05) is 24.4 Å². The zero-order valence-electron chi connectivity index (χ0n) is 11.0. The zero-order valence-corrected chi connectivity index (χ0v) is 11.8. The maximum atomic E-state index is 11.7. The molecule has 0 saturated heterocycles. The summed E-state index contributed by atoms with van der Waals surface area (Å²) >= 11 is 1.49. The first kappa shape index (κ1) is 15.7. The van der Waals surface area contributed by atoms with Gasteiger partial charge in [-0.15, -0.1) is 11.3 Å². The fourth-order valence-electron chi connectivity index (χ4n) is 1.52. The second kappa shape index (κ2) is 8.66. The van der Waals surface area contributed by atoms with Crippen LogP contribution in [0.15, 0.2) is 17.5 Å².